The number of nitrogens with one attached hydrogen (secondary N) is 1. The summed E-state index contributed by atoms with van der Waals surface area (Å²) in [5, 5.41) is 0.387. The van der Waals surface area contributed by atoms with Gasteiger partial charge in [0.2, 0.25) is 10.0 Å². The Bertz CT molecular complexity index is 945. The lowest BCUT2D eigenvalue weighted by molar-refractivity contribution is 0.103. The summed E-state index contributed by atoms with van der Waals surface area (Å²) >= 11 is 6.08. The van der Waals surface area contributed by atoms with Crippen LogP contribution in [0.4, 0.5) is 5.69 Å². The minimum Gasteiger partial charge on any atom is -0.289 e. The summed E-state index contributed by atoms with van der Waals surface area (Å²) in [5.41, 5.74) is 1.01. The van der Waals surface area contributed by atoms with Crippen molar-refractivity contribution >= 4 is 33.1 Å². The van der Waals surface area contributed by atoms with Crippen LogP contribution in [-0.2, 0) is 10.0 Å². The van der Waals surface area contributed by atoms with Crippen molar-refractivity contribution in [3.8, 4) is 0 Å². The molecule has 0 saturated carbocycles. The molecule has 0 aromatic heterocycles. The third kappa shape index (κ3) is 10.7. The number of sulfonamides is 1. The van der Waals surface area contributed by atoms with E-state index in [2.05, 4.69) is 11.6 Å². The zero-order valence-electron chi connectivity index (χ0n) is 19.8. The van der Waals surface area contributed by atoms with Crippen LogP contribution in [0.3, 0.4) is 0 Å². The van der Waals surface area contributed by atoms with Crippen LogP contribution in [0.15, 0.2) is 48.5 Å². The third-order valence-corrected chi connectivity index (χ3v) is 7.39. The van der Waals surface area contributed by atoms with Gasteiger partial charge in [-0.05, 0) is 24.6 Å². The van der Waals surface area contributed by atoms with Crippen LogP contribution in [0.2, 0.25) is 5.02 Å². The Kier molecular flexibility index (Phi) is 12.6. The average Bonchev–Trinajstić information content (AvgIpc) is 2.81. The Hall–Kier alpha value is -1.85. The zero-order chi connectivity index (χ0) is 23.9. The van der Waals surface area contributed by atoms with Crippen LogP contribution in [0.5, 0.6) is 0 Å². The number of carbonyl (C=O) groups is 1. The van der Waals surface area contributed by atoms with Crippen LogP contribution < -0.4 is 4.72 Å². The van der Waals surface area contributed by atoms with Gasteiger partial charge in [-0.3, -0.25) is 9.52 Å². The minimum absolute atomic E-state index is 0.0476. The molecule has 6 heteroatoms. The lowest BCUT2D eigenvalue weighted by Gasteiger charge is -2.13. The molecule has 182 valence electrons. The van der Waals surface area contributed by atoms with E-state index >= 15 is 0 Å². The fourth-order valence-electron chi connectivity index (χ4n) is 3.89. The highest BCUT2D eigenvalue weighted by molar-refractivity contribution is 7.92. The molecule has 2 rings (SSSR count). The summed E-state index contributed by atoms with van der Waals surface area (Å²) < 4.78 is 27.8. The Labute approximate surface area is 205 Å². The topological polar surface area (TPSA) is 63.2 Å². The normalized spacial score (nSPS) is 11.5. The molecule has 0 radical (unpaired) electrons. The van der Waals surface area contributed by atoms with E-state index < -0.39 is 10.0 Å². The maximum atomic E-state index is 12.9. The first-order valence-electron chi connectivity index (χ1n) is 12.3. The summed E-state index contributed by atoms with van der Waals surface area (Å²) in [6.45, 7) is 2.24. The Morgan fingerprint density at radius 2 is 1.33 bits per heavy atom. The van der Waals surface area contributed by atoms with Crippen molar-refractivity contribution in [3.05, 3.63) is 64.7 Å². The quantitative estimate of drug-likeness (QED) is 0.180. The van der Waals surface area contributed by atoms with Crippen LogP contribution >= 0.6 is 11.6 Å². The van der Waals surface area contributed by atoms with E-state index in [0.29, 0.717) is 17.0 Å². The number of hydrogen-bond donors (Lipinski definition) is 1. The molecule has 1 N–H and O–H groups in total. The van der Waals surface area contributed by atoms with Crippen molar-refractivity contribution in [2.75, 3.05) is 10.5 Å². The minimum atomic E-state index is -3.54. The summed E-state index contributed by atoms with van der Waals surface area (Å²) in [6.07, 6.45) is 14.2. The summed E-state index contributed by atoms with van der Waals surface area (Å²) in [4.78, 5) is 12.9. The first kappa shape index (κ1) is 27.4. The monoisotopic (exact) mass is 491 g/mol. The molecule has 0 atom stereocenters. The molecule has 0 saturated heterocycles. The van der Waals surface area contributed by atoms with Gasteiger partial charge in [0.15, 0.2) is 5.78 Å². The molecule has 33 heavy (non-hydrogen) atoms. The average molecular weight is 492 g/mol. The molecule has 0 aliphatic carbocycles. The first-order chi connectivity index (χ1) is 15.9. The highest BCUT2D eigenvalue weighted by Crippen LogP contribution is 2.25. The number of benzene rings is 2. The van der Waals surface area contributed by atoms with Gasteiger partial charge >= 0.3 is 0 Å². The van der Waals surface area contributed by atoms with Crippen molar-refractivity contribution in [3.63, 3.8) is 0 Å². The molecular formula is C27H38ClNO3S. The lowest BCUT2D eigenvalue weighted by atomic mass is 10.0. The van der Waals surface area contributed by atoms with Gasteiger partial charge in [-0.2, -0.15) is 0 Å². The predicted octanol–water partition coefficient (Wildman–Crippen LogP) is 8.01. The van der Waals surface area contributed by atoms with Gasteiger partial charge in [-0.1, -0.05) is 119 Å². The number of anilines is 1. The molecule has 4 nitrogen and oxygen atoms in total. The van der Waals surface area contributed by atoms with Crippen molar-refractivity contribution in [2.24, 2.45) is 0 Å². The number of hydrogen-bond acceptors (Lipinski definition) is 3. The Morgan fingerprint density at radius 3 is 1.91 bits per heavy atom. The fraction of sp³-hybridized carbons (Fsp3) is 0.519. The molecule has 0 fully saturated rings. The second kappa shape index (κ2) is 15.1. The molecular weight excluding hydrogens is 454 g/mol. The Morgan fingerprint density at radius 1 is 0.788 bits per heavy atom. The number of carbonyl (C=O) groups excluding carboxylic acids is 1. The van der Waals surface area contributed by atoms with Crippen molar-refractivity contribution in [1.82, 2.24) is 0 Å². The number of ketones is 1. The van der Waals surface area contributed by atoms with E-state index in [-0.39, 0.29) is 22.8 Å². The fourth-order valence-corrected chi connectivity index (χ4v) is 5.26. The number of rotatable bonds is 17. The zero-order valence-corrected chi connectivity index (χ0v) is 21.4. The van der Waals surface area contributed by atoms with E-state index in [1.807, 2.05) is 6.07 Å². The first-order valence-corrected chi connectivity index (χ1v) is 14.4. The maximum Gasteiger partial charge on any atom is 0.232 e. The van der Waals surface area contributed by atoms with Gasteiger partial charge in [0, 0.05) is 16.1 Å². The molecule has 0 unspecified atom stereocenters. The van der Waals surface area contributed by atoms with E-state index in [1.165, 1.54) is 57.4 Å². The summed E-state index contributed by atoms with van der Waals surface area (Å²) in [7, 11) is -3.54. The van der Waals surface area contributed by atoms with Gasteiger partial charge in [-0.25, -0.2) is 8.42 Å². The molecule has 2 aromatic carbocycles. The van der Waals surface area contributed by atoms with E-state index in [0.717, 1.165) is 19.3 Å². The molecule has 0 aliphatic rings. The SMILES string of the molecule is CCCCCCCCCCCCCCS(=O)(=O)Nc1ccc(Cl)cc1C(=O)c1ccccc1. The van der Waals surface area contributed by atoms with E-state index in [1.54, 1.807) is 36.4 Å². The molecule has 2 aromatic rings. The molecule has 0 amide bonds. The highest BCUT2D eigenvalue weighted by atomic mass is 35.5. The molecule has 0 aliphatic heterocycles. The van der Waals surface area contributed by atoms with Crippen LogP contribution in [-0.4, -0.2) is 20.0 Å². The third-order valence-electron chi connectivity index (χ3n) is 5.79. The number of unbranched alkanes of at least 4 members (excludes halogenated alkanes) is 11. The van der Waals surface area contributed by atoms with Crippen LogP contribution in [0, 0.1) is 0 Å². The smallest absolute Gasteiger partial charge is 0.232 e. The van der Waals surface area contributed by atoms with Gasteiger partial charge < -0.3 is 0 Å². The van der Waals surface area contributed by atoms with Crippen molar-refractivity contribution in [2.45, 2.75) is 84.0 Å². The van der Waals surface area contributed by atoms with Gasteiger partial charge in [0.25, 0.3) is 0 Å². The summed E-state index contributed by atoms with van der Waals surface area (Å²) in [6, 6.07) is 13.4. The van der Waals surface area contributed by atoms with Crippen molar-refractivity contribution in [1.29, 1.82) is 0 Å². The predicted molar refractivity (Wildman–Crippen MR) is 140 cm³/mol. The Balaban J connectivity index is 1.75. The largest absolute Gasteiger partial charge is 0.289 e. The second-order valence-corrected chi connectivity index (χ2v) is 11.0. The van der Waals surface area contributed by atoms with Gasteiger partial charge in [0.1, 0.15) is 0 Å². The number of halogens is 1. The molecule has 0 heterocycles. The second-order valence-electron chi connectivity index (χ2n) is 8.70. The lowest BCUT2D eigenvalue weighted by Crippen LogP contribution is -2.19. The van der Waals surface area contributed by atoms with Crippen LogP contribution in [0.25, 0.3) is 0 Å². The van der Waals surface area contributed by atoms with Crippen LogP contribution in [0.1, 0.15) is 99.9 Å². The van der Waals surface area contributed by atoms with E-state index in [9.17, 15) is 13.2 Å². The molecule has 0 bridgehead atoms. The van der Waals surface area contributed by atoms with E-state index in [4.69, 9.17) is 11.6 Å². The summed E-state index contributed by atoms with van der Waals surface area (Å²) in [5.74, 6) is -0.215. The van der Waals surface area contributed by atoms with Gasteiger partial charge in [-0.15, -0.1) is 0 Å². The van der Waals surface area contributed by atoms with Gasteiger partial charge in [0.05, 0.1) is 11.4 Å². The highest BCUT2D eigenvalue weighted by Gasteiger charge is 2.18. The maximum absolute atomic E-state index is 12.9. The standard InChI is InChI=1S/C27H38ClNO3S/c1-2-3-4-5-6-7-8-9-10-11-12-16-21-33(31,32)29-26-20-19-24(28)22-25(26)27(30)23-17-14-13-15-18-23/h13-15,17-20,22,29H,2-12,16,21H2,1H3. The molecule has 0 spiro atoms. The van der Waals surface area contributed by atoms with Crippen molar-refractivity contribution < 1.29 is 13.2 Å².